The topological polar surface area (TPSA) is 72.8 Å². The predicted octanol–water partition coefficient (Wildman–Crippen LogP) is 1.62. The molecule has 1 unspecified atom stereocenters. The number of hydrogen-bond donors (Lipinski definition) is 1. The second-order valence-corrected chi connectivity index (χ2v) is 5.89. The molecule has 1 aliphatic heterocycles. The Labute approximate surface area is 129 Å². The van der Waals surface area contributed by atoms with Crippen LogP contribution < -0.4 is 0 Å². The molecule has 1 fully saturated rings. The van der Waals surface area contributed by atoms with Crippen LogP contribution in [0.4, 0.5) is 4.39 Å². The molecule has 2 rings (SSSR count). The Bertz CT molecular complexity index is 537. The Morgan fingerprint density at radius 1 is 1.43 bits per heavy atom. The Kier molecular flexibility index (Phi) is 4.75. The zero-order valence-electron chi connectivity index (χ0n) is 11.2. The third kappa shape index (κ3) is 3.14. The first-order valence-corrected chi connectivity index (χ1v) is 7.07. The second-order valence-electron chi connectivity index (χ2n) is 4.71. The number of alkyl halides is 2. The summed E-state index contributed by atoms with van der Waals surface area (Å²) in [5.41, 5.74) is 0.332. The van der Waals surface area contributed by atoms with Crippen LogP contribution in [0, 0.1) is 0 Å². The van der Waals surface area contributed by atoms with Crippen LogP contribution in [0.2, 0.25) is 0 Å². The highest BCUT2D eigenvalue weighted by Crippen LogP contribution is 2.39. The summed E-state index contributed by atoms with van der Waals surface area (Å²) in [5.74, 6) is -1.22. The molecular formula is C14H14BrFO5. The SMILES string of the molecule is CC(=O)C1(Br)O[C@H](COC(=O)c2ccccc2)[C@@H](O)[C@@H]1F. The zero-order valence-corrected chi connectivity index (χ0v) is 12.7. The average molecular weight is 361 g/mol. The van der Waals surface area contributed by atoms with Crippen molar-refractivity contribution < 1.29 is 28.6 Å². The summed E-state index contributed by atoms with van der Waals surface area (Å²) >= 11 is 2.86. The van der Waals surface area contributed by atoms with E-state index >= 15 is 0 Å². The van der Waals surface area contributed by atoms with E-state index in [1.165, 1.54) is 0 Å². The van der Waals surface area contributed by atoms with Gasteiger partial charge in [-0.05, 0) is 35.0 Å². The molecule has 114 valence electrons. The van der Waals surface area contributed by atoms with Gasteiger partial charge in [0.25, 0.3) is 0 Å². The molecule has 1 aromatic carbocycles. The summed E-state index contributed by atoms with van der Waals surface area (Å²) in [6, 6.07) is 8.23. The van der Waals surface area contributed by atoms with Gasteiger partial charge in [0.05, 0.1) is 5.56 Å². The number of ketones is 1. The highest BCUT2D eigenvalue weighted by molar-refractivity contribution is 9.10. The van der Waals surface area contributed by atoms with E-state index in [2.05, 4.69) is 15.9 Å². The van der Waals surface area contributed by atoms with E-state index in [0.29, 0.717) is 5.56 Å². The number of halogens is 2. The molecule has 0 aromatic heterocycles. The highest BCUT2D eigenvalue weighted by atomic mass is 79.9. The lowest BCUT2D eigenvalue weighted by atomic mass is 10.1. The number of benzene rings is 1. The Hall–Kier alpha value is -1.31. The lowest BCUT2D eigenvalue weighted by Crippen LogP contribution is -2.40. The number of hydrogen-bond acceptors (Lipinski definition) is 5. The molecule has 0 radical (unpaired) electrons. The van der Waals surface area contributed by atoms with Crippen LogP contribution in [0.5, 0.6) is 0 Å². The van der Waals surface area contributed by atoms with Crippen LogP contribution in [0.25, 0.3) is 0 Å². The lowest BCUT2D eigenvalue weighted by Gasteiger charge is -2.20. The molecule has 1 N–H and O–H groups in total. The summed E-state index contributed by atoms with van der Waals surface area (Å²) < 4.78 is 22.2. The molecule has 1 heterocycles. The predicted molar refractivity (Wildman–Crippen MR) is 74.8 cm³/mol. The molecule has 5 nitrogen and oxygen atoms in total. The molecule has 0 bridgehead atoms. The monoisotopic (exact) mass is 360 g/mol. The summed E-state index contributed by atoms with van der Waals surface area (Å²) in [4.78, 5) is 23.2. The van der Waals surface area contributed by atoms with Crippen molar-refractivity contribution in [2.24, 2.45) is 0 Å². The lowest BCUT2D eigenvalue weighted by molar-refractivity contribution is -0.133. The van der Waals surface area contributed by atoms with Crippen molar-refractivity contribution in [3.8, 4) is 0 Å². The Morgan fingerprint density at radius 2 is 2.05 bits per heavy atom. The van der Waals surface area contributed by atoms with E-state index in [1.807, 2.05) is 0 Å². The normalized spacial score (nSPS) is 31.9. The van der Waals surface area contributed by atoms with Crippen molar-refractivity contribution >= 4 is 27.7 Å². The van der Waals surface area contributed by atoms with Crippen LogP contribution in [-0.2, 0) is 14.3 Å². The third-order valence-corrected chi connectivity index (χ3v) is 4.41. The summed E-state index contributed by atoms with van der Waals surface area (Å²) in [6.45, 7) is 0.794. The molecule has 1 aromatic rings. The van der Waals surface area contributed by atoms with Crippen LogP contribution >= 0.6 is 15.9 Å². The van der Waals surface area contributed by atoms with Crippen LogP contribution in [0.1, 0.15) is 17.3 Å². The molecular weight excluding hydrogens is 347 g/mol. The fraction of sp³-hybridized carbons (Fsp3) is 0.429. The van der Waals surface area contributed by atoms with Crippen molar-refractivity contribution in [1.82, 2.24) is 0 Å². The van der Waals surface area contributed by atoms with Gasteiger partial charge < -0.3 is 14.6 Å². The van der Waals surface area contributed by atoms with E-state index in [1.54, 1.807) is 30.3 Å². The molecule has 0 aliphatic carbocycles. The van der Waals surface area contributed by atoms with Gasteiger partial charge in [0.15, 0.2) is 12.0 Å². The van der Waals surface area contributed by atoms with Gasteiger partial charge in [-0.3, -0.25) is 4.79 Å². The molecule has 0 amide bonds. The quantitative estimate of drug-likeness (QED) is 0.652. The van der Waals surface area contributed by atoms with Crippen molar-refractivity contribution in [2.75, 3.05) is 6.61 Å². The van der Waals surface area contributed by atoms with Crippen molar-refractivity contribution in [2.45, 2.75) is 29.8 Å². The summed E-state index contributed by atoms with van der Waals surface area (Å²) in [6.07, 6.45) is -4.61. The number of ether oxygens (including phenoxy) is 2. The molecule has 21 heavy (non-hydrogen) atoms. The van der Waals surface area contributed by atoms with E-state index in [9.17, 15) is 19.1 Å². The Morgan fingerprint density at radius 3 is 2.57 bits per heavy atom. The van der Waals surface area contributed by atoms with Crippen LogP contribution in [0.15, 0.2) is 30.3 Å². The number of carbonyl (C=O) groups is 2. The largest absolute Gasteiger partial charge is 0.459 e. The Balaban J connectivity index is 1.98. The van der Waals surface area contributed by atoms with Gasteiger partial charge in [-0.15, -0.1) is 0 Å². The smallest absolute Gasteiger partial charge is 0.338 e. The van der Waals surface area contributed by atoms with Gasteiger partial charge in [-0.2, -0.15) is 0 Å². The van der Waals surface area contributed by atoms with E-state index in [-0.39, 0.29) is 6.61 Å². The van der Waals surface area contributed by atoms with Crippen LogP contribution in [-0.4, -0.2) is 46.4 Å². The molecule has 0 spiro atoms. The number of carbonyl (C=O) groups excluding carboxylic acids is 2. The van der Waals surface area contributed by atoms with Gasteiger partial charge >= 0.3 is 5.97 Å². The minimum absolute atomic E-state index is 0.332. The molecule has 1 aliphatic rings. The summed E-state index contributed by atoms with van der Waals surface area (Å²) in [5, 5.41) is 9.75. The maximum absolute atomic E-state index is 13.9. The standard InChI is InChI=1S/C14H14BrFO5/c1-8(17)14(15)12(16)11(18)10(21-14)7-20-13(19)9-5-3-2-4-6-9/h2-6,10-12,18H,7H2,1H3/t10-,11-,12+,14?/m1/s1. The first kappa shape index (κ1) is 16.1. The summed E-state index contributed by atoms with van der Waals surface area (Å²) in [7, 11) is 0. The van der Waals surface area contributed by atoms with Crippen molar-refractivity contribution in [3.05, 3.63) is 35.9 Å². The third-order valence-electron chi connectivity index (χ3n) is 3.23. The second kappa shape index (κ2) is 6.21. The van der Waals surface area contributed by atoms with Gasteiger partial charge in [0.2, 0.25) is 4.51 Å². The van der Waals surface area contributed by atoms with Crippen molar-refractivity contribution in [3.63, 3.8) is 0 Å². The van der Waals surface area contributed by atoms with E-state index < -0.39 is 34.6 Å². The number of esters is 1. The van der Waals surface area contributed by atoms with E-state index in [4.69, 9.17) is 9.47 Å². The molecule has 1 saturated heterocycles. The first-order valence-electron chi connectivity index (χ1n) is 6.28. The maximum Gasteiger partial charge on any atom is 0.338 e. The minimum atomic E-state index is -1.93. The van der Waals surface area contributed by atoms with Gasteiger partial charge in [-0.25, -0.2) is 9.18 Å². The number of Topliss-reactive ketones (excluding diaryl/α,β-unsaturated/α-hetero) is 1. The van der Waals surface area contributed by atoms with Gasteiger partial charge in [0, 0.05) is 0 Å². The number of aliphatic hydroxyl groups excluding tert-OH is 1. The fourth-order valence-corrected chi connectivity index (χ4v) is 2.50. The average Bonchev–Trinajstić information content (AvgIpc) is 2.71. The van der Waals surface area contributed by atoms with Crippen LogP contribution in [0.3, 0.4) is 0 Å². The number of aliphatic hydroxyl groups is 1. The molecule has 4 atom stereocenters. The first-order chi connectivity index (χ1) is 9.86. The molecule has 0 saturated carbocycles. The van der Waals surface area contributed by atoms with Gasteiger partial charge in [-0.1, -0.05) is 18.2 Å². The van der Waals surface area contributed by atoms with E-state index in [0.717, 1.165) is 6.92 Å². The molecule has 7 heteroatoms. The van der Waals surface area contributed by atoms with Gasteiger partial charge in [0.1, 0.15) is 18.8 Å². The maximum atomic E-state index is 13.9. The fourth-order valence-electron chi connectivity index (χ4n) is 1.99. The zero-order chi connectivity index (χ0) is 15.6. The highest BCUT2D eigenvalue weighted by Gasteiger charge is 2.57. The minimum Gasteiger partial charge on any atom is -0.459 e. The number of rotatable bonds is 4. The van der Waals surface area contributed by atoms with Crippen molar-refractivity contribution in [1.29, 1.82) is 0 Å².